The minimum atomic E-state index is 0.877. The fourth-order valence-electron chi connectivity index (χ4n) is 8.96. The van der Waals surface area contributed by atoms with Crippen LogP contribution in [0.5, 0.6) is 0 Å². The van der Waals surface area contributed by atoms with Gasteiger partial charge in [-0.1, -0.05) is 127 Å². The van der Waals surface area contributed by atoms with E-state index >= 15 is 0 Å². The second kappa shape index (κ2) is 13.1. The van der Waals surface area contributed by atoms with Crippen LogP contribution in [0.15, 0.2) is 211 Å². The van der Waals surface area contributed by atoms with Gasteiger partial charge in [0.15, 0.2) is 0 Å². The topological polar surface area (TPSA) is 21.3 Å². The minimum absolute atomic E-state index is 0.877. The summed E-state index contributed by atoms with van der Waals surface area (Å²) in [7, 11) is 0. The quantitative estimate of drug-likeness (QED) is 0.168. The highest BCUT2D eigenvalue weighted by Crippen LogP contribution is 2.48. The third-order valence-corrected chi connectivity index (χ3v) is 12.7. The monoisotopic (exact) mass is 758 g/mol. The summed E-state index contributed by atoms with van der Waals surface area (Å²) in [5.41, 5.74) is 13.2. The zero-order valence-corrected chi connectivity index (χ0v) is 32.2. The first-order chi connectivity index (χ1) is 28.8. The summed E-state index contributed by atoms with van der Waals surface area (Å²) in [6.45, 7) is 0. The van der Waals surface area contributed by atoms with Crippen molar-refractivity contribution in [1.82, 2.24) is 4.57 Å². The Balaban J connectivity index is 1.22. The standard InChI is InChI=1S/C54H34N2OS/c1-4-15-35(16-5-1)37-31-44(36-17-6-2-7-18-36)53-47(32-37)43-23-14-24-48(54(43)56(53)38-19-8-3-9-20-38)55(39-27-29-50-45(33-39)41-21-10-12-25-49(41)57-50)40-28-30-52-46(34-40)42-22-11-13-26-51(42)58-52/h1-34H. The Hall–Kier alpha value is -7.40. The molecule has 3 aromatic heterocycles. The summed E-state index contributed by atoms with van der Waals surface area (Å²) in [4.78, 5) is 2.45. The lowest BCUT2D eigenvalue weighted by atomic mass is 9.95. The van der Waals surface area contributed by atoms with E-state index in [1.807, 2.05) is 17.4 Å². The number of aromatic nitrogens is 1. The molecule has 0 spiro atoms. The number of anilines is 3. The molecule has 3 heterocycles. The van der Waals surface area contributed by atoms with Crippen LogP contribution in [0.4, 0.5) is 17.1 Å². The SMILES string of the molecule is c1ccc(-c2cc(-c3ccccc3)c3c(c2)c2cccc(N(c4ccc5oc6ccccc6c5c4)c4ccc5sc6ccccc6c5c4)c2n3-c2ccccc2)cc1. The molecule has 0 aliphatic carbocycles. The first-order valence-electron chi connectivity index (χ1n) is 19.7. The number of hydrogen-bond acceptors (Lipinski definition) is 3. The highest BCUT2D eigenvalue weighted by Gasteiger charge is 2.25. The Kier molecular flexibility index (Phi) is 7.40. The molecule has 12 aromatic rings. The van der Waals surface area contributed by atoms with Gasteiger partial charge < -0.3 is 13.9 Å². The number of hydrogen-bond donors (Lipinski definition) is 0. The Morgan fingerprint density at radius 3 is 1.81 bits per heavy atom. The highest BCUT2D eigenvalue weighted by molar-refractivity contribution is 7.25. The summed E-state index contributed by atoms with van der Waals surface area (Å²) >= 11 is 1.85. The Bertz CT molecular complexity index is 3390. The van der Waals surface area contributed by atoms with Crippen LogP contribution >= 0.6 is 11.3 Å². The molecule has 0 N–H and O–H groups in total. The molecule has 0 saturated heterocycles. The predicted octanol–water partition coefficient (Wildman–Crippen LogP) is 15.9. The van der Waals surface area contributed by atoms with Crippen LogP contribution in [0.2, 0.25) is 0 Å². The second-order valence-electron chi connectivity index (χ2n) is 14.9. The maximum Gasteiger partial charge on any atom is 0.135 e. The van der Waals surface area contributed by atoms with Crippen LogP contribution < -0.4 is 4.90 Å². The number of benzene rings is 9. The highest BCUT2D eigenvalue weighted by atomic mass is 32.1. The molecule has 272 valence electrons. The van der Waals surface area contributed by atoms with Crippen LogP contribution in [0, 0.1) is 0 Å². The number of para-hydroxylation sites is 3. The van der Waals surface area contributed by atoms with Gasteiger partial charge >= 0.3 is 0 Å². The van der Waals surface area contributed by atoms with Gasteiger partial charge in [-0.25, -0.2) is 0 Å². The van der Waals surface area contributed by atoms with Crippen molar-refractivity contribution in [3.63, 3.8) is 0 Å². The molecule has 58 heavy (non-hydrogen) atoms. The molecule has 4 heteroatoms. The van der Waals surface area contributed by atoms with Crippen molar-refractivity contribution in [1.29, 1.82) is 0 Å². The van der Waals surface area contributed by atoms with Gasteiger partial charge in [-0.3, -0.25) is 0 Å². The van der Waals surface area contributed by atoms with Gasteiger partial charge in [0.05, 0.1) is 16.7 Å². The van der Waals surface area contributed by atoms with Crippen molar-refractivity contribution >= 4 is 92.3 Å². The zero-order valence-electron chi connectivity index (χ0n) is 31.3. The van der Waals surface area contributed by atoms with Gasteiger partial charge in [-0.2, -0.15) is 0 Å². The first-order valence-corrected chi connectivity index (χ1v) is 20.5. The number of thiophene rings is 1. The van der Waals surface area contributed by atoms with E-state index in [-0.39, 0.29) is 0 Å². The molecule has 0 bridgehead atoms. The van der Waals surface area contributed by atoms with E-state index in [0.717, 1.165) is 50.2 Å². The molecule has 0 radical (unpaired) electrons. The summed E-state index contributed by atoms with van der Waals surface area (Å²) in [6.07, 6.45) is 0. The molecule has 9 aromatic carbocycles. The molecule has 0 aliphatic rings. The minimum Gasteiger partial charge on any atom is -0.456 e. The second-order valence-corrected chi connectivity index (χ2v) is 16.0. The fourth-order valence-corrected chi connectivity index (χ4v) is 10.0. The van der Waals surface area contributed by atoms with Crippen LogP contribution in [-0.2, 0) is 0 Å². The lowest BCUT2D eigenvalue weighted by Gasteiger charge is -2.27. The Morgan fingerprint density at radius 2 is 1.00 bits per heavy atom. The number of fused-ring (bicyclic) bond motifs is 9. The third-order valence-electron chi connectivity index (χ3n) is 11.5. The summed E-state index contributed by atoms with van der Waals surface area (Å²) in [5.74, 6) is 0. The summed E-state index contributed by atoms with van der Waals surface area (Å²) in [5, 5.41) is 7.13. The maximum absolute atomic E-state index is 6.36. The molecule has 0 saturated carbocycles. The lowest BCUT2D eigenvalue weighted by Crippen LogP contribution is -2.11. The van der Waals surface area contributed by atoms with Crippen molar-refractivity contribution < 1.29 is 4.42 Å². The largest absolute Gasteiger partial charge is 0.456 e. The zero-order chi connectivity index (χ0) is 38.2. The average Bonchev–Trinajstić information content (AvgIpc) is 3.97. The van der Waals surface area contributed by atoms with Crippen LogP contribution in [0.25, 0.3) is 91.9 Å². The fraction of sp³-hybridized carbons (Fsp3) is 0. The van der Waals surface area contributed by atoms with Gasteiger partial charge in [0, 0.05) is 64.3 Å². The molecule has 0 atom stereocenters. The summed E-state index contributed by atoms with van der Waals surface area (Å²) in [6, 6.07) is 74.6. The van der Waals surface area contributed by atoms with Crippen LogP contribution in [0.1, 0.15) is 0 Å². The van der Waals surface area contributed by atoms with E-state index in [1.165, 1.54) is 58.7 Å². The molecule has 0 unspecified atom stereocenters. The number of nitrogens with zero attached hydrogens (tertiary/aromatic N) is 2. The molecule has 0 amide bonds. The van der Waals surface area contributed by atoms with Crippen molar-refractivity contribution in [2.75, 3.05) is 4.90 Å². The predicted molar refractivity (Wildman–Crippen MR) is 247 cm³/mol. The van der Waals surface area contributed by atoms with Crippen LogP contribution in [-0.4, -0.2) is 4.57 Å². The van der Waals surface area contributed by atoms with Crippen molar-refractivity contribution in [2.45, 2.75) is 0 Å². The third kappa shape index (κ3) is 5.12. The van der Waals surface area contributed by atoms with Gasteiger partial charge in [-0.15, -0.1) is 11.3 Å². The first kappa shape index (κ1) is 32.8. The molecule has 0 fully saturated rings. The van der Waals surface area contributed by atoms with Gasteiger partial charge in [0.25, 0.3) is 0 Å². The molecule has 3 nitrogen and oxygen atoms in total. The van der Waals surface area contributed by atoms with Gasteiger partial charge in [0.2, 0.25) is 0 Å². The lowest BCUT2D eigenvalue weighted by molar-refractivity contribution is 0.669. The van der Waals surface area contributed by atoms with Crippen molar-refractivity contribution in [3.8, 4) is 27.9 Å². The molecular weight excluding hydrogens is 725 g/mol. The Labute approximate surface area is 338 Å². The molecule has 12 rings (SSSR count). The van der Waals surface area contributed by atoms with E-state index in [0.29, 0.717) is 0 Å². The van der Waals surface area contributed by atoms with E-state index in [2.05, 4.69) is 210 Å². The molecule has 0 aliphatic heterocycles. The number of furan rings is 1. The van der Waals surface area contributed by atoms with Gasteiger partial charge in [0.1, 0.15) is 11.2 Å². The summed E-state index contributed by atoms with van der Waals surface area (Å²) < 4.78 is 11.4. The van der Waals surface area contributed by atoms with E-state index in [4.69, 9.17) is 4.42 Å². The van der Waals surface area contributed by atoms with E-state index in [9.17, 15) is 0 Å². The maximum atomic E-state index is 6.36. The van der Waals surface area contributed by atoms with Crippen LogP contribution in [0.3, 0.4) is 0 Å². The van der Waals surface area contributed by atoms with Crippen molar-refractivity contribution in [2.24, 2.45) is 0 Å². The molecular formula is C54H34N2OS. The van der Waals surface area contributed by atoms with E-state index in [1.54, 1.807) is 0 Å². The van der Waals surface area contributed by atoms with E-state index < -0.39 is 0 Å². The number of rotatable bonds is 6. The van der Waals surface area contributed by atoms with Crippen molar-refractivity contribution in [3.05, 3.63) is 206 Å². The Morgan fingerprint density at radius 1 is 0.379 bits per heavy atom. The normalized spacial score (nSPS) is 11.8. The smallest absolute Gasteiger partial charge is 0.135 e. The average molecular weight is 759 g/mol. The van der Waals surface area contributed by atoms with Gasteiger partial charge in [-0.05, 0) is 95.6 Å².